The number of ether oxygens (including phenoxy) is 1. The van der Waals surface area contributed by atoms with E-state index in [2.05, 4.69) is 19.2 Å². The van der Waals surface area contributed by atoms with E-state index < -0.39 is 0 Å². The van der Waals surface area contributed by atoms with Crippen LogP contribution in [0, 0.1) is 5.41 Å². The van der Waals surface area contributed by atoms with E-state index in [1.165, 1.54) is 0 Å². The summed E-state index contributed by atoms with van der Waals surface area (Å²) in [6.07, 6.45) is 3.13. The van der Waals surface area contributed by atoms with Gasteiger partial charge in [0, 0.05) is 31.1 Å². The first-order valence-electron chi connectivity index (χ1n) is 6.54. The van der Waals surface area contributed by atoms with Crippen molar-refractivity contribution in [1.29, 1.82) is 0 Å². The Bertz CT molecular complexity index is 253. The van der Waals surface area contributed by atoms with Crippen molar-refractivity contribution in [1.82, 2.24) is 5.32 Å². The van der Waals surface area contributed by atoms with Crippen LogP contribution in [0.4, 0.5) is 0 Å². The standard InChI is InChI=1S/C13H25NO3/c1-4-17-11-9-10(13(11,2)3)14-12(16)7-5-6-8-15/h10-11,15H,4-9H2,1-3H3,(H,14,16). The number of amides is 1. The third-order valence-electron chi connectivity index (χ3n) is 3.69. The number of hydrogen-bond donors (Lipinski definition) is 2. The molecule has 0 bridgehead atoms. The molecule has 4 heteroatoms. The molecule has 2 atom stereocenters. The second kappa shape index (κ2) is 6.36. The number of aliphatic hydroxyl groups is 1. The van der Waals surface area contributed by atoms with Gasteiger partial charge in [-0.05, 0) is 26.2 Å². The van der Waals surface area contributed by atoms with Gasteiger partial charge in [0.1, 0.15) is 0 Å². The first kappa shape index (κ1) is 14.5. The minimum atomic E-state index is 0.0304. The van der Waals surface area contributed by atoms with Gasteiger partial charge in [0.05, 0.1) is 6.10 Å². The average molecular weight is 243 g/mol. The maximum absolute atomic E-state index is 11.6. The Morgan fingerprint density at radius 2 is 2.18 bits per heavy atom. The van der Waals surface area contributed by atoms with E-state index in [1.807, 2.05) is 6.92 Å². The summed E-state index contributed by atoms with van der Waals surface area (Å²) in [4.78, 5) is 11.6. The van der Waals surface area contributed by atoms with Crippen LogP contribution in [0.1, 0.15) is 46.5 Å². The van der Waals surface area contributed by atoms with Crippen LogP contribution in [0.25, 0.3) is 0 Å². The maximum atomic E-state index is 11.6. The Balaban J connectivity index is 2.27. The molecule has 0 aliphatic heterocycles. The summed E-state index contributed by atoms with van der Waals surface area (Å²) >= 11 is 0. The number of unbranched alkanes of at least 4 members (excludes halogenated alkanes) is 1. The molecular formula is C13H25NO3. The molecule has 1 fully saturated rings. The zero-order valence-electron chi connectivity index (χ0n) is 11.2. The van der Waals surface area contributed by atoms with Crippen LogP contribution >= 0.6 is 0 Å². The molecule has 1 rings (SSSR count). The van der Waals surface area contributed by atoms with E-state index in [0.717, 1.165) is 19.4 Å². The first-order valence-corrected chi connectivity index (χ1v) is 6.54. The molecular weight excluding hydrogens is 218 g/mol. The minimum absolute atomic E-state index is 0.0304. The highest BCUT2D eigenvalue weighted by Crippen LogP contribution is 2.42. The molecule has 0 radical (unpaired) electrons. The molecule has 0 spiro atoms. The number of carbonyl (C=O) groups is 1. The fourth-order valence-corrected chi connectivity index (χ4v) is 2.28. The number of hydrogen-bond acceptors (Lipinski definition) is 3. The SMILES string of the molecule is CCOC1CC(NC(=O)CCCCO)C1(C)C. The zero-order chi connectivity index (χ0) is 12.9. The first-order chi connectivity index (χ1) is 8.02. The third kappa shape index (κ3) is 3.68. The molecule has 1 saturated carbocycles. The van der Waals surface area contributed by atoms with Crippen molar-refractivity contribution in [3.05, 3.63) is 0 Å². The van der Waals surface area contributed by atoms with Crippen LogP contribution in [0.15, 0.2) is 0 Å². The Kier molecular flexibility index (Phi) is 5.40. The Morgan fingerprint density at radius 3 is 2.71 bits per heavy atom. The molecule has 2 unspecified atom stereocenters. The second-order valence-corrected chi connectivity index (χ2v) is 5.30. The average Bonchev–Trinajstić information content (AvgIpc) is 2.28. The highest BCUT2D eigenvalue weighted by atomic mass is 16.5. The molecule has 1 aliphatic carbocycles. The molecule has 0 heterocycles. The van der Waals surface area contributed by atoms with Crippen LogP contribution in [-0.4, -0.2) is 36.4 Å². The van der Waals surface area contributed by atoms with E-state index in [9.17, 15) is 4.79 Å². The Labute approximate surface area is 104 Å². The van der Waals surface area contributed by atoms with Crippen molar-refractivity contribution in [3.63, 3.8) is 0 Å². The van der Waals surface area contributed by atoms with Crippen molar-refractivity contribution in [2.24, 2.45) is 5.41 Å². The summed E-state index contributed by atoms with van der Waals surface area (Å²) < 4.78 is 5.62. The van der Waals surface area contributed by atoms with Gasteiger partial charge in [-0.1, -0.05) is 13.8 Å². The number of aliphatic hydroxyl groups excluding tert-OH is 1. The lowest BCUT2D eigenvalue weighted by molar-refractivity contribution is -0.136. The molecule has 4 nitrogen and oxygen atoms in total. The molecule has 17 heavy (non-hydrogen) atoms. The van der Waals surface area contributed by atoms with Crippen LogP contribution in [0.2, 0.25) is 0 Å². The van der Waals surface area contributed by atoms with Crippen molar-refractivity contribution < 1.29 is 14.6 Å². The quantitative estimate of drug-likeness (QED) is 0.666. The summed E-state index contributed by atoms with van der Waals surface area (Å²) in [6.45, 7) is 7.15. The topological polar surface area (TPSA) is 58.6 Å². The summed E-state index contributed by atoms with van der Waals surface area (Å²) in [5.74, 6) is 0.0893. The lowest BCUT2D eigenvalue weighted by Crippen LogP contribution is -2.62. The van der Waals surface area contributed by atoms with Gasteiger partial charge in [-0.2, -0.15) is 0 Å². The highest BCUT2D eigenvalue weighted by Gasteiger charge is 2.49. The van der Waals surface area contributed by atoms with Gasteiger partial charge in [0.25, 0.3) is 0 Å². The zero-order valence-corrected chi connectivity index (χ0v) is 11.2. The Hall–Kier alpha value is -0.610. The van der Waals surface area contributed by atoms with Crippen LogP contribution in [0.5, 0.6) is 0 Å². The van der Waals surface area contributed by atoms with Crippen molar-refractivity contribution in [2.45, 2.75) is 58.6 Å². The lowest BCUT2D eigenvalue weighted by Gasteiger charge is -2.51. The summed E-state index contributed by atoms with van der Waals surface area (Å²) in [5.41, 5.74) is 0.0304. The molecule has 0 aromatic rings. The van der Waals surface area contributed by atoms with E-state index in [-0.39, 0.29) is 30.1 Å². The van der Waals surface area contributed by atoms with Crippen molar-refractivity contribution >= 4 is 5.91 Å². The lowest BCUT2D eigenvalue weighted by atomic mass is 9.64. The summed E-state index contributed by atoms with van der Waals surface area (Å²) in [5, 5.41) is 11.7. The molecule has 2 N–H and O–H groups in total. The van der Waals surface area contributed by atoms with Crippen LogP contribution in [0.3, 0.4) is 0 Å². The van der Waals surface area contributed by atoms with Gasteiger partial charge < -0.3 is 15.2 Å². The fraction of sp³-hybridized carbons (Fsp3) is 0.923. The smallest absolute Gasteiger partial charge is 0.220 e. The number of carbonyl (C=O) groups excluding carboxylic acids is 1. The van der Waals surface area contributed by atoms with Crippen LogP contribution in [-0.2, 0) is 9.53 Å². The third-order valence-corrected chi connectivity index (χ3v) is 3.69. The van der Waals surface area contributed by atoms with Crippen LogP contribution < -0.4 is 5.32 Å². The number of nitrogens with one attached hydrogen (secondary N) is 1. The predicted molar refractivity (Wildman–Crippen MR) is 66.7 cm³/mol. The van der Waals surface area contributed by atoms with Gasteiger partial charge in [-0.3, -0.25) is 4.79 Å². The van der Waals surface area contributed by atoms with Crippen molar-refractivity contribution in [3.8, 4) is 0 Å². The van der Waals surface area contributed by atoms with E-state index in [1.54, 1.807) is 0 Å². The van der Waals surface area contributed by atoms with Gasteiger partial charge in [-0.25, -0.2) is 0 Å². The monoisotopic (exact) mass is 243 g/mol. The molecule has 0 saturated heterocycles. The molecule has 0 aromatic heterocycles. The number of rotatable bonds is 7. The molecule has 100 valence electrons. The van der Waals surface area contributed by atoms with E-state index in [0.29, 0.717) is 12.8 Å². The Morgan fingerprint density at radius 1 is 1.47 bits per heavy atom. The molecule has 0 aromatic carbocycles. The van der Waals surface area contributed by atoms with Gasteiger partial charge in [-0.15, -0.1) is 0 Å². The normalized spacial score (nSPS) is 26.4. The van der Waals surface area contributed by atoms with Crippen molar-refractivity contribution in [2.75, 3.05) is 13.2 Å². The van der Waals surface area contributed by atoms with E-state index in [4.69, 9.17) is 9.84 Å². The second-order valence-electron chi connectivity index (χ2n) is 5.30. The van der Waals surface area contributed by atoms with E-state index >= 15 is 0 Å². The minimum Gasteiger partial charge on any atom is -0.396 e. The largest absolute Gasteiger partial charge is 0.396 e. The fourth-order valence-electron chi connectivity index (χ4n) is 2.28. The van der Waals surface area contributed by atoms with Gasteiger partial charge in [0.15, 0.2) is 0 Å². The predicted octanol–water partition coefficient (Wildman–Crippen LogP) is 1.47. The highest BCUT2D eigenvalue weighted by molar-refractivity contribution is 5.76. The summed E-state index contributed by atoms with van der Waals surface area (Å²) in [6, 6.07) is 0.223. The van der Waals surface area contributed by atoms with Gasteiger partial charge >= 0.3 is 0 Å². The molecule has 1 aliphatic rings. The maximum Gasteiger partial charge on any atom is 0.220 e. The van der Waals surface area contributed by atoms with Gasteiger partial charge in [0.2, 0.25) is 5.91 Å². The summed E-state index contributed by atoms with van der Waals surface area (Å²) in [7, 11) is 0. The molecule has 1 amide bonds.